The lowest BCUT2D eigenvalue weighted by molar-refractivity contribution is 0.103. The van der Waals surface area contributed by atoms with Crippen molar-refractivity contribution >= 4 is 11.5 Å². The van der Waals surface area contributed by atoms with Gasteiger partial charge in [0, 0.05) is 22.9 Å². The molecule has 0 heterocycles. The molecule has 0 fully saturated rings. The highest BCUT2D eigenvalue weighted by molar-refractivity contribution is 6.12. The summed E-state index contributed by atoms with van der Waals surface area (Å²) >= 11 is 0. The maximum Gasteiger partial charge on any atom is 0.195 e. The van der Waals surface area contributed by atoms with Gasteiger partial charge in [-0.05, 0) is 30.3 Å². The van der Waals surface area contributed by atoms with E-state index < -0.39 is 5.82 Å². The van der Waals surface area contributed by atoms with Crippen LogP contribution in [-0.4, -0.2) is 20.0 Å². The molecule has 5 heteroatoms. The first-order valence-corrected chi connectivity index (χ1v) is 5.88. The van der Waals surface area contributed by atoms with Gasteiger partial charge in [0.2, 0.25) is 0 Å². The van der Waals surface area contributed by atoms with Crippen molar-refractivity contribution in [2.45, 2.75) is 0 Å². The normalized spacial score (nSPS) is 10.2. The minimum atomic E-state index is -0.592. The maximum absolute atomic E-state index is 13.6. The third-order valence-electron chi connectivity index (χ3n) is 2.92. The van der Waals surface area contributed by atoms with Crippen LogP contribution in [0.2, 0.25) is 0 Å². The highest BCUT2D eigenvalue weighted by Crippen LogP contribution is 2.24. The number of ether oxygens (including phenoxy) is 2. The Bertz CT molecular complexity index is 656. The molecule has 2 aromatic rings. The Hall–Kier alpha value is -2.56. The summed E-state index contributed by atoms with van der Waals surface area (Å²) in [6.07, 6.45) is 0. The van der Waals surface area contributed by atoms with Gasteiger partial charge in [0.15, 0.2) is 17.3 Å². The molecular weight excluding hydrogens is 261 g/mol. The van der Waals surface area contributed by atoms with Gasteiger partial charge < -0.3 is 15.2 Å². The molecule has 20 heavy (non-hydrogen) atoms. The van der Waals surface area contributed by atoms with Gasteiger partial charge >= 0.3 is 0 Å². The Kier molecular flexibility index (Phi) is 3.89. The number of hydrogen-bond donors (Lipinski definition) is 1. The molecule has 0 atom stereocenters. The van der Waals surface area contributed by atoms with Crippen molar-refractivity contribution in [3.8, 4) is 11.5 Å². The van der Waals surface area contributed by atoms with Crippen LogP contribution in [0.15, 0.2) is 36.4 Å². The SMILES string of the molecule is COc1ccc(C(=O)c2ccc(OC)c(F)c2)c(N)c1. The third kappa shape index (κ3) is 2.56. The fourth-order valence-corrected chi connectivity index (χ4v) is 1.84. The molecule has 0 aliphatic carbocycles. The summed E-state index contributed by atoms with van der Waals surface area (Å²) in [4.78, 5) is 12.3. The zero-order valence-electron chi connectivity index (χ0n) is 11.1. The molecule has 2 N–H and O–H groups in total. The molecule has 104 valence electrons. The lowest BCUT2D eigenvalue weighted by atomic mass is 10.0. The van der Waals surface area contributed by atoms with E-state index in [0.29, 0.717) is 11.3 Å². The predicted molar refractivity (Wildman–Crippen MR) is 73.8 cm³/mol. The quantitative estimate of drug-likeness (QED) is 0.688. The van der Waals surface area contributed by atoms with Crippen LogP contribution in [0.25, 0.3) is 0 Å². The molecule has 0 saturated carbocycles. The minimum absolute atomic E-state index is 0.0873. The van der Waals surface area contributed by atoms with Gasteiger partial charge in [-0.15, -0.1) is 0 Å². The van der Waals surface area contributed by atoms with Crippen molar-refractivity contribution in [2.24, 2.45) is 0 Å². The number of anilines is 1. The van der Waals surface area contributed by atoms with Crippen molar-refractivity contribution < 1.29 is 18.7 Å². The standard InChI is InChI=1S/C15H14FNO3/c1-19-10-4-5-11(13(17)8-10)15(18)9-3-6-14(20-2)12(16)7-9/h3-8H,17H2,1-2H3. The average Bonchev–Trinajstić information content (AvgIpc) is 2.46. The number of ketones is 1. The molecule has 0 saturated heterocycles. The van der Waals surface area contributed by atoms with E-state index >= 15 is 0 Å². The van der Waals surface area contributed by atoms with E-state index in [1.54, 1.807) is 18.2 Å². The molecular formula is C15H14FNO3. The fraction of sp³-hybridized carbons (Fsp3) is 0.133. The van der Waals surface area contributed by atoms with Gasteiger partial charge in [0.1, 0.15) is 5.75 Å². The Balaban J connectivity index is 2.38. The molecule has 2 rings (SSSR count). The van der Waals surface area contributed by atoms with Gasteiger partial charge in [-0.2, -0.15) is 0 Å². The molecule has 0 bridgehead atoms. The second kappa shape index (κ2) is 5.61. The van der Waals surface area contributed by atoms with Crippen molar-refractivity contribution in [3.63, 3.8) is 0 Å². The van der Waals surface area contributed by atoms with Crippen molar-refractivity contribution in [1.29, 1.82) is 0 Å². The third-order valence-corrected chi connectivity index (χ3v) is 2.92. The predicted octanol–water partition coefficient (Wildman–Crippen LogP) is 2.66. The number of nitrogens with two attached hydrogens (primary N) is 1. The monoisotopic (exact) mass is 275 g/mol. The lowest BCUT2D eigenvalue weighted by Gasteiger charge is -2.08. The smallest absolute Gasteiger partial charge is 0.195 e. The molecule has 4 nitrogen and oxygen atoms in total. The van der Waals surface area contributed by atoms with Crippen LogP contribution in [0, 0.1) is 5.82 Å². The highest BCUT2D eigenvalue weighted by Gasteiger charge is 2.15. The molecule has 0 unspecified atom stereocenters. The van der Waals surface area contributed by atoms with Crippen molar-refractivity contribution in [3.05, 3.63) is 53.3 Å². The van der Waals surface area contributed by atoms with Crippen LogP contribution >= 0.6 is 0 Å². The first kappa shape index (κ1) is 13.9. The molecule has 0 aromatic heterocycles. The minimum Gasteiger partial charge on any atom is -0.497 e. The Morgan fingerprint density at radius 2 is 1.85 bits per heavy atom. The van der Waals surface area contributed by atoms with Gasteiger partial charge in [-0.25, -0.2) is 4.39 Å². The van der Waals surface area contributed by atoms with Crippen LogP contribution in [0.1, 0.15) is 15.9 Å². The number of methoxy groups -OCH3 is 2. The van der Waals surface area contributed by atoms with E-state index in [2.05, 4.69) is 0 Å². The number of halogens is 1. The van der Waals surface area contributed by atoms with E-state index in [1.165, 1.54) is 26.4 Å². The summed E-state index contributed by atoms with van der Waals surface area (Å²) in [5.74, 6) is -0.304. The van der Waals surface area contributed by atoms with Crippen LogP contribution in [0.4, 0.5) is 10.1 Å². The zero-order chi connectivity index (χ0) is 14.7. The molecule has 0 spiro atoms. The summed E-state index contributed by atoms with van der Waals surface area (Å²) in [5.41, 5.74) is 6.60. The molecule has 0 aliphatic heterocycles. The molecule has 0 amide bonds. The van der Waals surface area contributed by atoms with Gasteiger partial charge in [-0.3, -0.25) is 4.79 Å². The van der Waals surface area contributed by atoms with Crippen LogP contribution in [0.3, 0.4) is 0 Å². The number of carbonyl (C=O) groups is 1. The highest BCUT2D eigenvalue weighted by atomic mass is 19.1. The number of benzene rings is 2. The van der Waals surface area contributed by atoms with Crippen molar-refractivity contribution in [1.82, 2.24) is 0 Å². The van der Waals surface area contributed by atoms with Gasteiger partial charge in [0.05, 0.1) is 14.2 Å². The summed E-state index contributed by atoms with van der Waals surface area (Å²) in [7, 11) is 2.87. The summed E-state index contributed by atoms with van der Waals surface area (Å²) in [6, 6.07) is 8.76. The average molecular weight is 275 g/mol. The largest absolute Gasteiger partial charge is 0.497 e. The fourth-order valence-electron chi connectivity index (χ4n) is 1.84. The topological polar surface area (TPSA) is 61.5 Å². The van der Waals surface area contributed by atoms with E-state index in [4.69, 9.17) is 15.2 Å². The molecule has 0 radical (unpaired) electrons. The Morgan fingerprint density at radius 1 is 1.10 bits per heavy atom. The molecule has 2 aromatic carbocycles. The van der Waals surface area contributed by atoms with E-state index in [-0.39, 0.29) is 22.8 Å². The van der Waals surface area contributed by atoms with E-state index in [9.17, 15) is 9.18 Å². The number of carbonyl (C=O) groups excluding carboxylic acids is 1. The van der Waals surface area contributed by atoms with Crippen molar-refractivity contribution in [2.75, 3.05) is 20.0 Å². The van der Waals surface area contributed by atoms with Gasteiger partial charge in [-0.1, -0.05) is 0 Å². The Labute approximate surface area is 115 Å². The second-order valence-electron chi connectivity index (χ2n) is 4.13. The Morgan fingerprint density at radius 3 is 2.40 bits per heavy atom. The number of rotatable bonds is 4. The van der Waals surface area contributed by atoms with E-state index in [1.807, 2.05) is 0 Å². The summed E-state index contributed by atoms with van der Waals surface area (Å²) < 4.78 is 23.4. The van der Waals surface area contributed by atoms with E-state index in [0.717, 1.165) is 6.07 Å². The van der Waals surface area contributed by atoms with Crippen LogP contribution in [0.5, 0.6) is 11.5 Å². The number of hydrogen-bond acceptors (Lipinski definition) is 4. The molecule has 0 aliphatic rings. The van der Waals surface area contributed by atoms with Gasteiger partial charge in [0.25, 0.3) is 0 Å². The van der Waals surface area contributed by atoms with Crippen LogP contribution in [-0.2, 0) is 0 Å². The summed E-state index contributed by atoms with van der Waals surface area (Å²) in [5, 5.41) is 0. The maximum atomic E-state index is 13.6. The van der Waals surface area contributed by atoms with Crippen LogP contribution < -0.4 is 15.2 Å². The first-order chi connectivity index (χ1) is 9.56. The second-order valence-corrected chi connectivity index (χ2v) is 4.13. The first-order valence-electron chi connectivity index (χ1n) is 5.88. The zero-order valence-corrected chi connectivity index (χ0v) is 11.1. The number of nitrogen functional groups attached to an aromatic ring is 1. The lowest BCUT2D eigenvalue weighted by Crippen LogP contribution is -2.06. The summed E-state index contributed by atoms with van der Waals surface area (Å²) in [6.45, 7) is 0.